The number of carbonyl (C=O) groups is 1. The minimum Gasteiger partial charge on any atom is -0.370 e. The SMILES string of the molecule is O=C(c1ccc(Br)c(N2CCC2)c1)N1CCC1. The normalized spacial score (nSPS) is 18.6. The van der Waals surface area contributed by atoms with Crippen molar-refractivity contribution in [2.45, 2.75) is 12.8 Å². The first-order chi connectivity index (χ1) is 8.25. The summed E-state index contributed by atoms with van der Waals surface area (Å²) in [6.07, 6.45) is 2.39. The van der Waals surface area contributed by atoms with Crippen LogP contribution in [0.25, 0.3) is 0 Å². The zero-order chi connectivity index (χ0) is 11.8. The number of likely N-dealkylation sites (tertiary alicyclic amines) is 1. The summed E-state index contributed by atoms with van der Waals surface area (Å²) < 4.78 is 1.08. The van der Waals surface area contributed by atoms with E-state index in [1.54, 1.807) is 0 Å². The standard InChI is InChI=1S/C13H15BrN2O/c14-11-4-3-10(13(17)16-7-2-8-16)9-12(11)15-5-1-6-15/h3-4,9H,1-2,5-8H2. The van der Waals surface area contributed by atoms with Gasteiger partial charge in [-0.15, -0.1) is 0 Å². The van der Waals surface area contributed by atoms with Crippen LogP contribution in [-0.4, -0.2) is 37.0 Å². The molecule has 3 nitrogen and oxygen atoms in total. The molecular weight excluding hydrogens is 280 g/mol. The molecule has 4 heteroatoms. The van der Waals surface area contributed by atoms with Crippen molar-refractivity contribution in [1.82, 2.24) is 4.90 Å². The number of hydrogen-bond donors (Lipinski definition) is 0. The fraction of sp³-hybridized carbons (Fsp3) is 0.462. The van der Waals surface area contributed by atoms with Gasteiger partial charge in [0.15, 0.2) is 0 Å². The first kappa shape index (κ1) is 11.1. The quantitative estimate of drug-likeness (QED) is 0.837. The number of amides is 1. The molecule has 3 rings (SSSR count). The van der Waals surface area contributed by atoms with E-state index in [0.717, 1.165) is 48.3 Å². The molecule has 0 atom stereocenters. The smallest absolute Gasteiger partial charge is 0.253 e. The average molecular weight is 295 g/mol. The van der Waals surface area contributed by atoms with Gasteiger partial charge >= 0.3 is 0 Å². The Hall–Kier alpha value is -1.03. The second-order valence-corrected chi connectivity index (χ2v) is 5.51. The molecular formula is C13H15BrN2O. The molecule has 2 fully saturated rings. The van der Waals surface area contributed by atoms with E-state index in [2.05, 4.69) is 20.8 Å². The van der Waals surface area contributed by atoms with Crippen LogP contribution in [0.15, 0.2) is 22.7 Å². The van der Waals surface area contributed by atoms with Crippen molar-refractivity contribution in [3.05, 3.63) is 28.2 Å². The van der Waals surface area contributed by atoms with Crippen LogP contribution in [0.2, 0.25) is 0 Å². The number of carbonyl (C=O) groups excluding carboxylic acids is 1. The number of hydrogen-bond acceptors (Lipinski definition) is 2. The molecule has 0 saturated carbocycles. The third kappa shape index (κ3) is 1.95. The second-order valence-electron chi connectivity index (χ2n) is 4.65. The molecule has 90 valence electrons. The predicted molar refractivity (Wildman–Crippen MR) is 71.5 cm³/mol. The van der Waals surface area contributed by atoms with E-state index in [9.17, 15) is 4.79 Å². The third-order valence-corrected chi connectivity index (χ3v) is 4.20. The van der Waals surface area contributed by atoms with Crippen LogP contribution in [0, 0.1) is 0 Å². The van der Waals surface area contributed by atoms with E-state index in [4.69, 9.17) is 0 Å². The van der Waals surface area contributed by atoms with Crippen molar-refractivity contribution >= 4 is 27.5 Å². The van der Waals surface area contributed by atoms with E-state index in [-0.39, 0.29) is 5.91 Å². The molecule has 0 N–H and O–H groups in total. The fourth-order valence-corrected chi connectivity index (χ4v) is 2.64. The molecule has 0 radical (unpaired) electrons. The molecule has 2 heterocycles. The van der Waals surface area contributed by atoms with E-state index in [1.165, 1.54) is 6.42 Å². The fourth-order valence-electron chi connectivity index (χ4n) is 2.15. The van der Waals surface area contributed by atoms with Gasteiger partial charge in [0, 0.05) is 36.2 Å². The first-order valence-electron chi connectivity index (χ1n) is 6.09. The molecule has 2 aliphatic heterocycles. The van der Waals surface area contributed by atoms with Crippen LogP contribution in [0.4, 0.5) is 5.69 Å². The second kappa shape index (κ2) is 4.33. The number of anilines is 1. The van der Waals surface area contributed by atoms with Gasteiger partial charge in [0.05, 0.1) is 5.69 Å². The van der Waals surface area contributed by atoms with Gasteiger partial charge in [-0.05, 0) is 47.0 Å². The lowest BCUT2D eigenvalue weighted by molar-refractivity contribution is 0.0652. The molecule has 1 aromatic rings. The van der Waals surface area contributed by atoms with Gasteiger partial charge in [0.1, 0.15) is 0 Å². The maximum absolute atomic E-state index is 12.1. The maximum atomic E-state index is 12.1. The minimum absolute atomic E-state index is 0.172. The summed E-state index contributed by atoms with van der Waals surface area (Å²) in [7, 11) is 0. The molecule has 1 amide bonds. The van der Waals surface area contributed by atoms with Gasteiger partial charge in [-0.1, -0.05) is 0 Å². The van der Waals surface area contributed by atoms with Crippen molar-refractivity contribution in [1.29, 1.82) is 0 Å². The summed E-state index contributed by atoms with van der Waals surface area (Å²) in [6, 6.07) is 5.92. The summed E-state index contributed by atoms with van der Waals surface area (Å²) in [5.74, 6) is 0.172. The molecule has 0 bridgehead atoms. The van der Waals surface area contributed by atoms with Crippen molar-refractivity contribution in [2.24, 2.45) is 0 Å². The Morgan fingerprint density at radius 1 is 1.12 bits per heavy atom. The van der Waals surface area contributed by atoms with Crippen LogP contribution in [0.5, 0.6) is 0 Å². The average Bonchev–Trinajstić information content (AvgIpc) is 2.15. The highest BCUT2D eigenvalue weighted by molar-refractivity contribution is 9.10. The molecule has 1 aromatic carbocycles. The monoisotopic (exact) mass is 294 g/mol. The van der Waals surface area contributed by atoms with Crippen molar-refractivity contribution in [3.8, 4) is 0 Å². The van der Waals surface area contributed by atoms with Gasteiger partial charge in [0.2, 0.25) is 0 Å². The summed E-state index contributed by atoms with van der Waals surface area (Å²) in [4.78, 5) is 16.3. The van der Waals surface area contributed by atoms with E-state index >= 15 is 0 Å². The van der Waals surface area contributed by atoms with Gasteiger partial charge in [-0.3, -0.25) is 4.79 Å². The highest BCUT2D eigenvalue weighted by atomic mass is 79.9. The third-order valence-electron chi connectivity index (χ3n) is 3.53. The summed E-state index contributed by atoms with van der Waals surface area (Å²) in [6.45, 7) is 4.02. The number of rotatable bonds is 2. The van der Waals surface area contributed by atoms with E-state index < -0.39 is 0 Å². The van der Waals surface area contributed by atoms with Crippen LogP contribution >= 0.6 is 15.9 Å². The highest BCUT2D eigenvalue weighted by Gasteiger charge is 2.23. The van der Waals surface area contributed by atoms with Crippen LogP contribution in [0.3, 0.4) is 0 Å². The first-order valence-corrected chi connectivity index (χ1v) is 6.89. The molecule has 0 unspecified atom stereocenters. The van der Waals surface area contributed by atoms with Gasteiger partial charge in [0.25, 0.3) is 5.91 Å². The minimum atomic E-state index is 0.172. The largest absolute Gasteiger partial charge is 0.370 e. The zero-order valence-corrected chi connectivity index (χ0v) is 11.2. The van der Waals surface area contributed by atoms with Crippen molar-refractivity contribution in [3.63, 3.8) is 0 Å². The summed E-state index contributed by atoms with van der Waals surface area (Å²) in [5, 5.41) is 0. The highest BCUT2D eigenvalue weighted by Crippen LogP contribution is 2.31. The molecule has 2 aliphatic rings. The number of halogens is 1. The topological polar surface area (TPSA) is 23.6 Å². The lowest BCUT2D eigenvalue weighted by atomic mass is 10.1. The Balaban J connectivity index is 1.86. The Labute approximate surface area is 110 Å². The Bertz CT molecular complexity index is 453. The van der Waals surface area contributed by atoms with Crippen molar-refractivity contribution in [2.75, 3.05) is 31.1 Å². The van der Waals surface area contributed by atoms with Crippen molar-refractivity contribution < 1.29 is 4.79 Å². The van der Waals surface area contributed by atoms with E-state index in [1.807, 2.05) is 23.1 Å². The molecule has 2 saturated heterocycles. The number of benzene rings is 1. The predicted octanol–water partition coefficient (Wildman–Crippen LogP) is 2.51. The van der Waals surface area contributed by atoms with Gasteiger partial charge in [-0.2, -0.15) is 0 Å². The molecule has 0 aromatic heterocycles. The lowest BCUT2D eigenvalue weighted by Gasteiger charge is -2.35. The van der Waals surface area contributed by atoms with Gasteiger partial charge < -0.3 is 9.80 Å². The zero-order valence-electron chi connectivity index (χ0n) is 9.66. The van der Waals surface area contributed by atoms with Crippen LogP contribution in [-0.2, 0) is 0 Å². The molecule has 17 heavy (non-hydrogen) atoms. The van der Waals surface area contributed by atoms with E-state index in [0.29, 0.717) is 0 Å². The number of nitrogens with zero attached hydrogens (tertiary/aromatic N) is 2. The maximum Gasteiger partial charge on any atom is 0.253 e. The Morgan fingerprint density at radius 3 is 2.35 bits per heavy atom. The van der Waals surface area contributed by atoms with Crippen LogP contribution in [0.1, 0.15) is 23.2 Å². The summed E-state index contributed by atoms with van der Waals surface area (Å²) >= 11 is 3.56. The van der Waals surface area contributed by atoms with Gasteiger partial charge in [-0.25, -0.2) is 0 Å². The Kier molecular flexibility index (Phi) is 2.82. The van der Waals surface area contributed by atoms with Crippen LogP contribution < -0.4 is 4.90 Å². The Morgan fingerprint density at radius 2 is 1.82 bits per heavy atom. The molecule has 0 spiro atoms. The summed E-state index contributed by atoms with van der Waals surface area (Å²) in [5.41, 5.74) is 1.97. The molecule has 0 aliphatic carbocycles. The lowest BCUT2D eigenvalue weighted by Crippen LogP contribution is -2.42.